The van der Waals surface area contributed by atoms with Crippen LogP contribution in [0.4, 0.5) is 13.2 Å². The number of aliphatic hydroxyl groups is 1. The van der Waals surface area contributed by atoms with Crippen LogP contribution in [0.15, 0.2) is 18.3 Å². The number of pyridine rings is 1. The molecule has 4 nitrogen and oxygen atoms in total. The molecule has 0 spiro atoms. The number of hydrogen-bond acceptors (Lipinski definition) is 3. The van der Waals surface area contributed by atoms with Gasteiger partial charge in [-0.15, -0.1) is 0 Å². The van der Waals surface area contributed by atoms with E-state index in [4.69, 9.17) is 5.11 Å². The Morgan fingerprint density at radius 1 is 1.42 bits per heavy atom. The van der Waals surface area contributed by atoms with E-state index in [1.54, 1.807) is 13.8 Å². The predicted octanol–water partition coefficient (Wildman–Crippen LogP) is 1.85. The molecule has 1 rings (SSSR count). The van der Waals surface area contributed by atoms with Crippen molar-refractivity contribution in [3.05, 3.63) is 29.6 Å². The molecule has 0 saturated carbocycles. The lowest BCUT2D eigenvalue weighted by Gasteiger charge is -2.19. The fourth-order valence-electron chi connectivity index (χ4n) is 1.36. The van der Waals surface area contributed by atoms with Crippen molar-refractivity contribution in [3.8, 4) is 0 Å². The first-order valence-electron chi connectivity index (χ1n) is 5.70. The van der Waals surface area contributed by atoms with Crippen LogP contribution in [0.2, 0.25) is 0 Å². The number of aromatic nitrogens is 1. The Bertz CT molecular complexity index is 430. The van der Waals surface area contributed by atoms with E-state index >= 15 is 0 Å². The lowest BCUT2D eigenvalue weighted by atomic mass is 10.1. The highest BCUT2D eigenvalue weighted by atomic mass is 19.4. The van der Waals surface area contributed by atoms with E-state index in [0.717, 1.165) is 12.1 Å². The van der Waals surface area contributed by atoms with Crippen molar-refractivity contribution in [1.29, 1.82) is 0 Å². The lowest BCUT2D eigenvalue weighted by Crippen LogP contribution is -2.41. The minimum Gasteiger partial charge on any atom is -0.394 e. The number of alkyl halides is 3. The molecular weight excluding hydrogens is 261 g/mol. The molecule has 0 aliphatic heterocycles. The molecule has 0 radical (unpaired) electrons. The molecule has 1 heterocycles. The quantitative estimate of drug-likeness (QED) is 0.882. The summed E-state index contributed by atoms with van der Waals surface area (Å²) in [4.78, 5) is 15.2. The number of rotatable bonds is 4. The smallest absolute Gasteiger partial charge is 0.394 e. The molecule has 19 heavy (non-hydrogen) atoms. The molecule has 1 amide bonds. The molecular formula is C12H15F3N2O2. The van der Waals surface area contributed by atoms with Crippen molar-refractivity contribution >= 4 is 5.91 Å². The Kier molecular flexibility index (Phi) is 4.88. The SMILES string of the molecule is CC(C)C(CO)NC(=O)c1ccc(C(F)(F)F)cn1. The number of carbonyl (C=O) groups is 1. The molecule has 1 unspecified atom stereocenters. The maximum Gasteiger partial charge on any atom is 0.417 e. The standard InChI is InChI=1S/C12H15F3N2O2/c1-7(2)10(6-18)17-11(19)9-4-3-8(5-16-9)12(13,14)15/h3-5,7,10,18H,6H2,1-2H3,(H,17,19). The predicted molar refractivity (Wildman–Crippen MR) is 62.4 cm³/mol. The number of amides is 1. The third-order valence-corrected chi connectivity index (χ3v) is 2.64. The Balaban J connectivity index is 2.78. The van der Waals surface area contributed by atoms with Crippen molar-refractivity contribution in [2.45, 2.75) is 26.1 Å². The zero-order valence-corrected chi connectivity index (χ0v) is 10.5. The summed E-state index contributed by atoms with van der Waals surface area (Å²) in [6.45, 7) is 3.37. The molecule has 0 aromatic carbocycles. The van der Waals surface area contributed by atoms with Crippen LogP contribution in [0.25, 0.3) is 0 Å². The summed E-state index contributed by atoms with van der Waals surface area (Å²) < 4.78 is 37.0. The Morgan fingerprint density at radius 3 is 2.42 bits per heavy atom. The number of nitrogens with one attached hydrogen (secondary N) is 1. The zero-order valence-electron chi connectivity index (χ0n) is 10.5. The third-order valence-electron chi connectivity index (χ3n) is 2.64. The molecule has 2 N–H and O–H groups in total. The first-order valence-corrected chi connectivity index (χ1v) is 5.70. The van der Waals surface area contributed by atoms with Gasteiger partial charge >= 0.3 is 6.18 Å². The summed E-state index contributed by atoms with van der Waals surface area (Å²) in [5.41, 5.74) is -1.03. The zero-order chi connectivity index (χ0) is 14.6. The number of halogens is 3. The second-order valence-electron chi connectivity index (χ2n) is 4.44. The molecule has 0 saturated heterocycles. The van der Waals surface area contributed by atoms with Crippen molar-refractivity contribution in [2.24, 2.45) is 5.92 Å². The van der Waals surface area contributed by atoms with Crippen molar-refractivity contribution in [3.63, 3.8) is 0 Å². The normalized spacial score (nSPS) is 13.4. The average molecular weight is 276 g/mol. The fourth-order valence-corrected chi connectivity index (χ4v) is 1.36. The highest BCUT2D eigenvalue weighted by molar-refractivity contribution is 5.92. The van der Waals surface area contributed by atoms with Gasteiger partial charge in [0.05, 0.1) is 18.2 Å². The first-order chi connectivity index (χ1) is 8.75. The summed E-state index contributed by atoms with van der Waals surface area (Å²) in [6.07, 6.45) is -3.87. The van der Waals surface area contributed by atoms with Crippen LogP contribution in [0, 0.1) is 5.92 Å². The summed E-state index contributed by atoms with van der Waals surface area (Å²) in [5, 5.41) is 11.6. The summed E-state index contributed by atoms with van der Waals surface area (Å²) >= 11 is 0. The van der Waals surface area contributed by atoms with Gasteiger partial charge in [-0.1, -0.05) is 13.8 Å². The van der Waals surface area contributed by atoms with Crippen LogP contribution >= 0.6 is 0 Å². The third kappa shape index (κ3) is 4.20. The number of hydrogen-bond donors (Lipinski definition) is 2. The number of nitrogens with zero attached hydrogens (tertiary/aromatic N) is 1. The van der Waals surface area contributed by atoms with Gasteiger partial charge in [-0.2, -0.15) is 13.2 Å². The van der Waals surface area contributed by atoms with Gasteiger partial charge in [0.2, 0.25) is 0 Å². The summed E-state index contributed by atoms with van der Waals surface area (Å²) in [5.74, 6) is -0.607. The Morgan fingerprint density at radius 2 is 2.05 bits per heavy atom. The molecule has 0 bridgehead atoms. The lowest BCUT2D eigenvalue weighted by molar-refractivity contribution is -0.137. The second-order valence-corrected chi connectivity index (χ2v) is 4.44. The minimum atomic E-state index is -4.48. The van der Waals surface area contributed by atoms with Gasteiger partial charge in [-0.3, -0.25) is 9.78 Å². The first kappa shape index (κ1) is 15.4. The van der Waals surface area contributed by atoms with Crippen LogP contribution < -0.4 is 5.32 Å². The minimum absolute atomic E-state index is 0.00315. The number of carbonyl (C=O) groups excluding carboxylic acids is 1. The van der Waals surface area contributed by atoms with Gasteiger partial charge in [0.25, 0.3) is 5.91 Å². The van der Waals surface area contributed by atoms with E-state index in [0.29, 0.717) is 6.20 Å². The highest BCUT2D eigenvalue weighted by Crippen LogP contribution is 2.28. The fraction of sp³-hybridized carbons (Fsp3) is 0.500. The molecule has 0 aliphatic rings. The molecule has 7 heteroatoms. The summed E-state index contributed by atoms with van der Waals surface area (Å²) in [6, 6.07) is 1.34. The van der Waals surface area contributed by atoms with Crippen LogP contribution in [-0.2, 0) is 6.18 Å². The largest absolute Gasteiger partial charge is 0.417 e. The van der Waals surface area contributed by atoms with Gasteiger partial charge in [-0.05, 0) is 18.1 Å². The van der Waals surface area contributed by atoms with Crippen LogP contribution in [0.3, 0.4) is 0 Å². The van der Waals surface area contributed by atoms with E-state index in [1.165, 1.54) is 0 Å². The van der Waals surface area contributed by atoms with Gasteiger partial charge in [0, 0.05) is 6.20 Å². The molecule has 0 aliphatic carbocycles. The molecule has 1 aromatic heterocycles. The van der Waals surface area contributed by atoms with Crippen molar-refractivity contribution in [2.75, 3.05) is 6.61 Å². The van der Waals surface area contributed by atoms with E-state index in [9.17, 15) is 18.0 Å². The second kappa shape index (κ2) is 6.01. The van der Waals surface area contributed by atoms with E-state index in [2.05, 4.69) is 10.3 Å². The molecule has 0 fully saturated rings. The Labute approximate surface area is 108 Å². The van der Waals surface area contributed by atoms with E-state index in [-0.39, 0.29) is 18.2 Å². The highest BCUT2D eigenvalue weighted by Gasteiger charge is 2.31. The van der Waals surface area contributed by atoms with Gasteiger partial charge in [0.1, 0.15) is 5.69 Å². The van der Waals surface area contributed by atoms with Crippen LogP contribution in [0.5, 0.6) is 0 Å². The maximum absolute atomic E-state index is 12.3. The average Bonchev–Trinajstić information content (AvgIpc) is 2.34. The van der Waals surface area contributed by atoms with Crippen molar-refractivity contribution in [1.82, 2.24) is 10.3 Å². The van der Waals surface area contributed by atoms with Gasteiger partial charge < -0.3 is 10.4 Å². The molecule has 1 aromatic rings. The molecule has 106 valence electrons. The number of aliphatic hydroxyl groups excluding tert-OH is 1. The van der Waals surface area contributed by atoms with Gasteiger partial charge in [-0.25, -0.2) is 0 Å². The monoisotopic (exact) mass is 276 g/mol. The van der Waals surface area contributed by atoms with E-state index in [1.807, 2.05) is 0 Å². The van der Waals surface area contributed by atoms with Gasteiger partial charge in [0.15, 0.2) is 0 Å². The van der Waals surface area contributed by atoms with Crippen molar-refractivity contribution < 1.29 is 23.1 Å². The Hall–Kier alpha value is -1.63. The summed E-state index contributed by atoms with van der Waals surface area (Å²) in [7, 11) is 0. The maximum atomic E-state index is 12.3. The molecule has 1 atom stereocenters. The topological polar surface area (TPSA) is 62.2 Å². The van der Waals surface area contributed by atoms with Crippen LogP contribution in [-0.4, -0.2) is 28.6 Å². The van der Waals surface area contributed by atoms with E-state index < -0.39 is 23.7 Å². The van der Waals surface area contributed by atoms with Crippen LogP contribution in [0.1, 0.15) is 29.9 Å².